The third-order valence-electron chi connectivity index (χ3n) is 14.2. The minimum absolute atomic E-state index is 0.0812. The van der Waals surface area contributed by atoms with Crippen LogP contribution in [0.3, 0.4) is 0 Å². The van der Waals surface area contributed by atoms with E-state index in [-0.39, 0.29) is 62.2 Å². The van der Waals surface area contributed by atoms with E-state index in [0.717, 1.165) is 35.2 Å². The molecule has 0 bridgehead atoms. The molecule has 0 saturated carbocycles. The van der Waals surface area contributed by atoms with Crippen molar-refractivity contribution in [1.29, 1.82) is 0 Å². The molecule has 1 aliphatic rings. The maximum absolute atomic E-state index is 15.0. The monoisotopic (exact) mass is 1190 g/mol. The number of carbonyl (C=O) groups excluding carboxylic acids is 8. The zero-order valence-corrected chi connectivity index (χ0v) is 51.0. The number of aromatic nitrogens is 4. The van der Waals surface area contributed by atoms with E-state index in [2.05, 4.69) is 26.1 Å². The van der Waals surface area contributed by atoms with Crippen LogP contribution >= 0.6 is 15.9 Å². The summed E-state index contributed by atoms with van der Waals surface area (Å²) in [6, 6.07) is 11.3. The highest BCUT2D eigenvalue weighted by Gasteiger charge is 2.43. The highest BCUT2D eigenvalue weighted by molar-refractivity contribution is 9.10. The number of nitrogens with zero attached hydrogens (tertiary/aromatic N) is 8. The first kappa shape index (κ1) is 64.9. The summed E-state index contributed by atoms with van der Waals surface area (Å²) < 4.78 is 28.5. The van der Waals surface area contributed by atoms with Crippen molar-refractivity contribution in [2.75, 3.05) is 28.2 Å². The topological polar surface area (TPSA) is 222 Å². The second kappa shape index (κ2) is 29.7. The average Bonchev–Trinajstić information content (AvgIpc) is 4.13. The van der Waals surface area contributed by atoms with E-state index >= 15 is 0 Å². The van der Waals surface area contributed by atoms with Crippen LogP contribution in [-0.4, -0.2) is 163 Å². The quantitative estimate of drug-likeness (QED) is 0.0821. The highest BCUT2D eigenvalue weighted by Crippen LogP contribution is 2.25. The molecule has 4 amide bonds. The summed E-state index contributed by atoms with van der Waals surface area (Å²) in [5.74, 6) is -7.44. The number of hydrogen-bond donors (Lipinski definition) is 0. The summed E-state index contributed by atoms with van der Waals surface area (Å²) in [4.78, 5) is 122. The molecule has 1 fully saturated rings. The number of hydrogen-bond acceptors (Lipinski definition) is 14. The Kier molecular flexibility index (Phi) is 23.8. The Bertz CT molecular complexity index is 2750. The SMILES string of the molecule is CC(C)C[C@H]1C(=O)O[C@H](Cc2ccc(Cn3cc(Br)cn3)cc2)C(=O)N(C)[C@@H](CC(C)C)C(=O)O[C@H](C)C(=O)N(C)[C@@H](CC(C)C)C(=O)O[C@H](Cc2ccc(Cn3cccn3)cc2)C(=O)N(C)[C@@H](CC(C)C)C(=O)O[C@H](C)C(=O)N1C. The van der Waals surface area contributed by atoms with Gasteiger partial charge in [0.15, 0.2) is 24.4 Å². The molecule has 0 aliphatic carbocycles. The van der Waals surface area contributed by atoms with Crippen LogP contribution in [0.15, 0.2) is 83.9 Å². The van der Waals surface area contributed by atoms with E-state index in [9.17, 15) is 38.4 Å². The molecule has 1 aliphatic heterocycles. The Hall–Kier alpha value is -6.90. The maximum atomic E-state index is 15.0. The van der Waals surface area contributed by atoms with Gasteiger partial charge in [-0.05, 0) is 107 Å². The van der Waals surface area contributed by atoms with E-state index in [1.807, 2.05) is 98.1 Å². The molecule has 0 N–H and O–H groups in total. The third-order valence-corrected chi connectivity index (χ3v) is 14.6. The van der Waals surface area contributed by atoms with Crippen LogP contribution in [-0.2, 0) is 83.2 Å². The van der Waals surface area contributed by atoms with Crippen LogP contribution in [0, 0.1) is 23.7 Å². The second-order valence-electron chi connectivity index (χ2n) is 23.0. The lowest BCUT2D eigenvalue weighted by Crippen LogP contribution is -2.55. The minimum atomic E-state index is -1.54. The van der Waals surface area contributed by atoms with E-state index < -0.39 is 96.1 Å². The van der Waals surface area contributed by atoms with E-state index in [0.29, 0.717) is 24.2 Å². The first-order chi connectivity index (χ1) is 38.1. The van der Waals surface area contributed by atoms with Crippen molar-refractivity contribution in [3.63, 3.8) is 0 Å². The van der Waals surface area contributed by atoms with Gasteiger partial charge in [0.1, 0.15) is 24.2 Å². The van der Waals surface area contributed by atoms with E-state index in [1.165, 1.54) is 42.0 Å². The number of rotatable bonds is 16. The summed E-state index contributed by atoms with van der Waals surface area (Å²) in [5.41, 5.74) is 3.04. The molecule has 3 heterocycles. The third kappa shape index (κ3) is 18.6. The van der Waals surface area contributed by atoms with Gasteiger partial charge < -0.3 is 38.5 Å². The Labute approximate surface area is 485 Å². The van der Waals surface area contributed by atoms with E-state index in [1.54, 1.807) is 46.0 Å². The summed E-state index contributed by atoms with van der Waals surface area (Å²) in [6.45, 7) is 18.5. The molecular weight excluding hydrogens is 1100 g/mol. The van der Waals surface area contributed by atoms with Gasteiger partial charge in [-0.15, -0.1) is 0 Å². The smallest absolute Gasteiger partial charge is 0.329 e. The molecule has 0 spiro atoms. The van der Waals surface area contributed by atoms with Crippen LogP contribution < -0.4 is 0 Å². The molecule has 8 atom stereocenters. The lowest BCUT2D eigenvalue weighted by Gasteiger charge is -2.35. The van der Waals surface area contributed by atoms with Crippen molar-refractivity contribution in [1.82, 2.24) is 39.2 Å². The largest absolute Gasteiger partial charge is 0.451 e. The predicted octanol–water partition coefficient (Wildman–Crippen LogP) is 6.92. The summed E-state index contributed by atoms with van der Waals surface area (Å²) >= 11 is 3.42. The fraction of sp³-hybridized carbons (Fsp3) is 0.567. The zero-order chi connectivity index (χ0) is 60.0. The standard InChI is InChI=1S/C60H83BrN8O12/c1-36(2)26-47-57(74)78-41(10)54(71)65(12)50(29-39(7)8)60(77)81-52(31-43-18-22-45(23-19-43)34-69-35-46(61)32-63-69)56(73)67(14)48(27-37(3)4)58(75)79-40(9)53(70)64(11)49(28-38(5)6)59(76)80-51(55(72)66(47)13)30-42-16-20-44(21-17-42)33-68-25-15-24-62-68/h15-25,32,35-41,47-52H,26-31,33-34H2,1-14H3/t40-,41-,47+,48+,49+,50+,51-,52-/m1/s1. The molecule has 21 heteroatoms. The van der Waals surface area contributed by atoms with Crippen LogP contribution in [0.1, 0.15) is 117 Å². The van der Waals surface area contributed by atoms with Crippen molar-refractivity contribution in [2.24, 2.45) is 23.7 Å². The van der Waals surface area contributed by atoms with Crippen molar-refractivity contribution in [3.8, 4) is 0 Å². The van der Waals surface area contributed by atoms with Crippen molar-refractivity contribution in [3.05, 3.63) is 106 Å². The number of benzene rings is 2. The van der Waals surface area contributed by atoms with Gasteiger partial charge in [0.25, 0.3) is 23.6 Å². The number of cyclic esters (lactones) is 4. The molecule has 0 unspecified atom stereocenters. The lowest BCUT2D eigenvalue weighted by molar-refractivity contribution is -0.176. The fourth-order valence-corrected chi connectivity index (χ4v) is 9.99. The Morgan fingerprint density at radius 2 is 0.778 bits per heavy atom. The van der Waals surface area contributed by atoms with E-state index in [4.69, 9.17) is 18.9 Å². The van der Waals surface area contributed by atoms with Gasteiger partial charge in [0.05, 0.1) is 23.8 Å². The Morgan fingerprint density at radius 1 is 0.457 bits per heavy atom. The molecule has 0 radical (unpaired) electrons. The fourth-order valence-electron chi connectivity index (χ4n) is 9.66. The number of esters is 4. The van der Waals surface area contributed by atoms with Crippen LogP contribution in [0.4, 0.5) is 0 Å². The van der Waals surface area contributed by atoms with Gasteiger partial charge in [-0.2, -0.15) is 10.2 Å². The number of ether oxygens (including phenoxy) is 4. The second-order valence-corrected chi connectivity index (χ2v) is 23.9. The predicted molar refractivity (Wildman–Crippen MR) is 306 cm³/mol. The lowest BCUT2D eigenvalue weighted by atomic mass is 9.99. The Morgan fingerprint density at radius 3 is 1.09 bits per heavy atom. The first-order valence-corrected chi connectivity index (χ1v) is 28.6. The number of likely N-dealkylation sites (N-methyl/N-ethyl adjacent to an activating group) is 4. The summed E-state index contributed by atoms with van der Waals surface area (Å²) in [6.07, 6.45) is 1.04. The molecule has 2 aromatic heterocycles. The normalized spacial score (nSPS) is 23.1. The van der Waals surface area contributed by atoms with Crippen LogP contribution in [0.5, 0.6) is 0 Å². The molecule has 5 rings (SSSR count). The maximum Gasteiger partial charge on any atom is 0.329 e. The Balaban J connectivity index is 1.59. The van der Waals surface area contributed by atoms with Gasteiger partial charge in [0, 0.05) is 59.6 Å². The van der Waals surface area contributed by atoms with Crippen LogP contribution in [0.25, 0.3) is 0 Å². The van der Waals surface area contributed by atoms with Gasteiger partial charge in [0.2, 0.25) is 0 Å². The number of carbonyl (C=O) groups is 8. The van der Waals surface area contributed by atoms with Gasteiger partial charge in [-0.1, -0.05) is 104 Å². The average molecular weight is 1190 g/mol. The molecular formula is C60H83BrN8O12. The zero-order valence-electron chi connectivity index (χ0n) is 49.4. The van der Waals surface area contributed by atoms with Gasteiger partial charge in [-0.25, -0.2) is 19.2 Å². The van der Waals surface area contributed by atoms with Crippen molar-refractivity contribution < 1.29 is 57.3 Å². The van der Waals surface area contributed by atoms with Crippen molar-refractivity contribution in [2.45, 2.75) is 169 Å². The molecule has 442 valence electrons. The number of amides is 4. The molecule has 2 aromatic carbocycles. The van der Waals surface area contributed by atoms with Crippen LogP contribution in [0.2, 0.25) is 0 Å². The first-order valence-electron chi connectivity index (χ1n) is 27.8. The van der Waals surface area contributed by atoms with Crippen molar-refractivity contribution >= 4 is 63.4 Å². The highest BCUT2D eigenvalue weighted by atomic mass is 79.9. The summed E-state index contributed by atoms with van der Waals surface area (Å²) in [5, 5.41) is 8.61. The summed E-state index contributed by atoms with van der Waals surface area (Å²) in [7, 11) is 5.57. The van der Waals surface area contributed by atoms with Gasteiger partial charge in [-0.3, -0.25) is 28.5 Å². The molecule has 20 nitrogen and oxygen atoms in total. The molecule has 4 aromatic rings. The molecule has 81 heavy (non-hydrogen) atoms. The molecule has 1 saturated heterocycles. The van der Waals surface area contributed by atoms with Gasteiger partial charge >= 0.3 is 23.9 Å². The minimum Gasteiger partial charge on any atom is -0.451 e. The number of halogens is 1.